The third kappa shape index (κ3) is 8.56. The first-order valence-corrected chi connectivity index (χ1v) is 12.8. The number of amides is 2. The molecule has 1 fully saturated rings. The second kappa shape index (κ2) is 15.8. The van der Waals surface area contributed by atoms with E-state index in [1.165, 1.54) is 0 Å². The van der Waals surface area contributed by atoms with Crippen LogP contribution >= 0.6 is 0 Å². The highest BCUT2D eigenvalue weighted by Crippen LogP contribution is 2.41. The molecule has 4 atom stereocenters. The van der Waals surface area contributed by atoms with Crippen LogP contribution < -0.4 is 15.8 Å². The molecule has 1 aliphatic carbocycles. The van der Waals surface area contributed by atoms with E-state index in [9.17, 15) is 9.59 Å². The first-order chi connectivity index (χ1) is 17.3. The number of carbonyl (C=O) groups is 2. The molecule has 2 amide bonds. The van der Waals surface area contributed by atoms with E-state index in [1.54, 1.807) is 12.0 Å². The van der Waals surface area contributed by atoms with E-state index >= 15 is 0 Å². The Labute approximate surface area is 217 Å². The summed E-state index contributed by atoms with van der Waals surface area (Å²) in [4.78, 5) is 31.2. The summed E-state index contributed by atoms with van der Waals surface area (Å²) in [6, 6.07) is 7.76. The number of ether oxygens (including phenoxy) is 2. The van der Waals surface area contributed by atoms with Gasteiger partial charge in [-0.15, -0.1) is 12.8 Å². The van der Waals surface area contributed by atoms with Gasteiger partial charge in [0.25, 0.3) is 0 Å². The Morgan fingerprint density at radius 2 is 1.94 bits per heavy atom. The molecule has 200 valence electrons. The van der Waals surface area contributed by atoms with Crippen LogP contribution in [-0.4, -0.2) is 55.6 Å². The van der Waals surface area contributed by atoms with E-state index in [1.807, 2.05) is 58.9 Å². The number of rotatable bonds is 6. The van der Waals surface area contributed by atoms with Crippen LogP contribution in [0.5, 0.6) is 5.75 Å². The van der Waals surface area contributed by atoms with Crippen molar-refractivity contribution in [3.63, 3.8) is 0 Å². The smallest absolute Gasteiger partial charge is 0.231 e. The Kier molecular flexibility index (Phi) is 13.6. The van der Waals surface area contributed by atoms with Gasteiger partial charge in [0, 0.05) is 38.2 Å². The fourth-order valence-corrected chi connectivity index (χ4v) is 4.06. The number of guanidine groups is 1. The summed E-state index contributed by atoms with van der Waals surface area (Å²) >= 11 is 0. The molecule has 8 nitrogen and oxygen atoms in total. The van der Waals surface area contributed by atoms with Gasteiger partial charge in [-0.25, -0.2) is 4.99 Å². The molecule has 0 aromatic heterocycles. The van der Waals surface area contributed by atoms with Crippen LogP contribution in [0.4, 0.5) is 0 Å². The maximum Gasteiger partial charge on any atom is 0.231 e. The largest absolute Gasteiger partial charge is 0.493 e. The number of para-hydroxylation sites is 1. The third-order valence-electron chi connectivity index (χ3n) is 6.27. The fourth-order valence-electron chi connectivity index (χ4n) is 4.06. The maximum atomic E-state index is 12.7. The van der Waals surface area contributed by atoms with Gasteiger partial charge in [0.1, 0.15) is 5.75 Å². The summed E-state index contributed by atoms with van der Waals surface area (Å²) in [6.45, 7) is 11.9. The summed E-state index contributed by atoms with van der Waals surface area (Å²) in [5.74, 6) is 1.55. The molecule has 0 radical (unpaired) electrons. The maximum absolute atomic E-state index is 12.7. The van der Waals surface area contributed by atoms with Gasteiger partial charge < -0.3 is 20.5 Å². The van der Waals surface area contributed by atoms with E-state index in [4.69, 9.17) is 10.5 Å². The lowest BCUT2D eigenvalue weighted by atomic mass is 9.99. The standard InChI is InChI=1S/C21H28N4O3.C3H8O.C2H6.C2H2/c1-12(2)17-10-19(26)25(21(22)24-17)11-13-9-15(13)20(27)23-16-7-8-28-18-6-4-3-5-14(16)18;1-3-4-2;2*1-2/h3-6,12-13,15-17H,7-11H2,1-2H3,(H2,22,24)(H,23,27);3H2,1-2H3;1-2H3;1-2H/t13-,15?,16+,17?;;;/m1.../s1. The van der Waals surface area contributed by atoms with Gasteiger partial charge in [-0.05, 0) is 31.2 Å². The van der Waals surface area contributed by atoms with E-state index in [0.717, 1.165) is 30.8 Å². The summed E-state index contributed by atoms with van der Waals surface area (Å²) in [6.07, 6.45) is 9.93. The molecule has 2 unspecified atom stereocenters. The molecule has 2 heterocycles. The summed E-state index contributed by atoms with van der Waals surface area (Å²) in [7, 11) is 1.68. The van der Waals surface area contributed by atoms with Gasteiger partial charge >= 0.3 is 0 Å². The van der Waals surface area contributed by atoms with Gasteiger partial charge in [0.05, 0.1) is 25.1 Å². The molecule has 1 aromatic carbocycles. The number of terminal acetylenes is 1. The molecular weight excluding hydrogens is 456 g/mol. The molecule has 0 saturated heterocycles. The molecule has 36 heavy (non-hydrogen) atoms. The molecule has 0 spiro atoms. The number of carbonyl (C=O) groups excluding carboxylic acids is 2. The van der Waals surface area contributed by atoms with Crippen molar-refractivity contribution in [2.45, 2.75) is 66.0 Å². The van der Waals surface area contributed by atoms with Crippen molar-refractivity contribution in [1.82, 2.24) is 10.2 Å². The van der Waals surface area contributed by atoms with Crippen molar-refractivity contribution in [3.05, 3.63) is 29.8 Å². The van der Waals surface area contributed by atoms with Crippen molar-refractivity contribution in [1.29, 1.82) is 0 Å². The van der Waals surface area contributed by atoms with Crippen molar-refractivity contribution in [2.75, 3.05) is 26.9 Å². The number of nitrogens with one attached hydrogen (secondary N) is 1. The third-order valence-corrected chi connectivity index (χ3v) is 6.27. The molecule has 1 saturated carbocycles. The average molecular weight is 501 g/mol. The molecule has 2 aliphatic heterocycles. The molecule has 1 aromatic rings. The number of nitrogens with zero attached hydrogens (tertiary/aromatic N) is 2. The Hall–Kier alpha value is -3.05. The number of fused-ring (bicyclic) bond motifs is 1. The number of hydrogen-bond acceptors (Lipinski definition) is 6. The van der Waals surface area contributed by atoms with Gasteiger partial charge in [-0.3, -0.25) is 14.5 Å². The lowest BCUT2D eigenvalue weighted by Crippen LogP contribution is -2.49. The molecule has 3 aliphatic rings. The quantitative estimate of drug-likeness (QED) is 0.579. The molecule has 3 N–H and O–H groups in total. The van der Waals surface area contributed by atoms with Crippen LogP contribution in [0.3, 0.4) is 0 Å². The summed E-state index contributed by atoms with van der Waals surface area (Å²) in [5.41, 5.74) is 7.07. The predicted octanol–water partition coefficient (Wildman–Crippen LogP) is 3.76. The highest BCUT2D eigenvalue weighted by Gasteiger charge is 2.46. The lowest BCUT2D eigenvalue weighted by molar-refractivity contribution is -0.129. The highest BCUT2D eigenvalue weighted by atomic mass is 16.5. The number of aliphatic imine (C=N–C) groups is 1. The molecular formula is C28H44N4O4. The lowest BCUT2D eigenvalue weighted by Gasteiger charge is -2.30. The van der Waals surface area contributed by atoms with Crippen molar-refractivity contribution in [2.24, 2.45) is 28.5 Å². The van der Waals surface area contributed by atoms with E-state index in [0.29, 0.717) is 25.5 Å². The molecule has 8 heteroatoms. The van der Waals surface area contributed by atoms with Crippen molar-refractivity contribution in [3.8, 4) is 18.6 Å². The number of hydrogen-bond donors (Lipinski definition) is 2. The second-order valence-electron chi connectivity index (χ2n) is 8.92. The molecule has 0 bridgehead atoms. The van der Waals surface area contributed by atoms with Crippen LogP contribution in [0.25, 0.3) is 0 Å². The highest BCUT2D eigenvalue weighted by molar-refractivity contribution is 5.98. The van der Waals surface area contributed by atoms with Gasteiger partial charge in [0.2, 0.25) is 11.8 Å². The molecule has 4 rings (SSSR count). The first-order valence-electron chi connectivity index (χ1n) is 12.8. The SMILES string of the molecule is C#C.CC.CC(C)C1CC(=O)N(C[C@H]2CC2C(=O)N[C@H]2CCOc3ccccc32)C(N)=N1.CCOC. The van der Waals surface area contributed by atoms with Gasteiger partial charge in [0.15, 0.2) is 5.96 Å². The van der Waals surface area contributed by atoms with E-state index < -0.39 is 0 Å². The topological polar surface area (TPSA) is 106 Å². The predicted molar refractivity (Wildman–Crippen MR) is 144 cm³/mol. The number of nitrogens with two attached hydrogens (primary N) is 1. The second-order valence-corrected chi connectivity index (χ2v) is 8.92. The van der Waals surface area contributed by atoms with E-state index in [-0.39, 0.29) is 41.7 Å². The van der Waals surface area contributed by atoms with Crippen LogP contribution in [0.15, 0.2) is 29.3 Å². The monoisotopic (exact) mass is 500 g/mol. The van der Waals surface area contributed by atoms with Gasteiger partial charge in [-0.1, -0.05) is 45.9 Å². The zero-order valence-electron chi connectivity index (χ0n) is 22.7. The minimum Gasteiger partial charge on any atom is -0.493 e. The zero-order valence-corrected chi connectivity index (χ0v) is 22.7. The van der Waals surface area contributed by atoms with Crippen LogP contribution in [0, 0.1) is 30.6 Å². The Bertz CT molecular complexity index is 881. The summed E-state index contributed by atoms with van der Waals surface area (Å²) < 4.78 is 10.2. The average Bonchev–Trinajstić information content (AvgIpc) is 3.68. The minimum atomic E-state index is -0.0709. The van der Waals surface area contributed by atoms with Crippen LogP contribution in [0.1, 0.15) is 65.5 Å². The van der Waals surface area contributed by atoms with Crippen molar-refractivity contribution < 1.29 is 19.1 Å². The van der Waals surface area contributed by atoms with Crippen molar-refractivity contribution >= 4 is 17.8 Å². The van der Waals surface area contributed by atoms with E-state index in [2.05, 4.69) is 27.9 Å². The van der Waals surface area contributed by atoms with Crippen LogP contribution in [0.2, 0.25) is 0 Å². The number of benzene rings is 1. The Balaban J connectivity index is 0.000000725. The van der Waals surface area contributed by atoms with Crippen LogP contribution in [-0.2, 0) is 14.3 Å². The Morgan fingerprint density at radius 3 is 2.53 bits per heavy atom. The fraction of sp³-hybridized carbons (Fsp3) is 0.607. The minimum absolute atomic E-state index is 0.00983. The zero-order chi connectivity index (χ0) is 27.3. The number of methoxy groups -OCH3 is 1. The normalized spacial score (nSPS) is 23.6. The Morgan fingerprint density at radius 1 is 1.31 bits per heavy atom. The summed E-state index contributed by atoms with van der Waals surface area (Å²) in [5, 5.41) is 3.16. The van der Waals surface area contributed by atoms with Gasteiger partial charge in [-0.2, -0.15) is 0 Å². The first kappa shape index (κ1) is 31.0.